The Hall–Kier alpha value is -0.790. The number of hydrogen-bond acceptors (Lipinski definition) is 1. The average Bonchev–Trinajstić information content (AvgIpc) is 2.17. The van der Waals surface area contributed by atoms with Crippen LogP contribution in [0.4, 0.5) is 0 Å². The van der Waals surface area contributed by atoms with Gasteiger partial charge in [-0.3, -0.25) is 4.79 Å². The van der Waals surface area contributed by atoms with E-state index in [0.29, 0.717) is 5.92 Å². The van der Waals surface area contributed by atoms with Crippen molar-refractivity contribution in [3.8, 4) is 0 Å². The third-order valence-corrected chi connectivity index (χ3v) is 3.04. The minimum Gasteiger partial charge on any atom is -0.343 e. The molecule has 0 aliphatic carbocycles. The number of rotatable bonds is 1. The van der Waals surface area contributed by atoms with E-state index in [9.17, 15) is 4.79 Å². The van der Waals surface area contributed by atoms with Gasteiger partial charge in [-0.25, -0.2) is 0 Å². The van der Waals surface area contributed by atoms with Crippen molar-refractivity contribution in [1.82, 2.24) is 4.90 Å². The maximum atomic E-state index is 11.1. The van der Waals surface area contributed by atoms with Crippen LogP contribution in [0.1, 0.15) is 33.6 Å². The molecule has 0 aromatic rings. The van der Waals surface area contributed by atoms with Gasteiger partial charge in [0.05, 0.1) is 0 Å². The summed E-state index contributed by atoms with van der Waals surface area (Å²) in [5, 5.41) is 0. The molecule has 2 nitrogen and oxygen atoms in total. The molecular formula is C11H19NO. The third-order valence-electron chi connectivity index (χ3n) is 3.04. The minimum atomic E-state index is 0.219. The molecule has 0 bridgehead atoms. The number of carbonyl (C=O) groups excluding carboxylic acids is 1. The van der Waals surface area contributed by atoms with Crippen molar-refractivity contribution in [2.75, 3.05) is 13.1 Å². The van der Waals surface area contributed by atoms with Crippen molar-refractivity contribution in [2.45, 2.75) is 33.6 Å². The molecule has 0 aromatic heterocycles. The number of nitrogens with zero attached hydrogens (tertiary/aromatic N) is 1. The number of likely N-dealkylation sites (tertiary alicyclic amines) is 1. The van der Waals surface area contributed by atoms with Crippen LogP contribution in [0.2, 0.25) is 0 Å². The monoisotopic (exact) mass is 181 g/mol. The Bertz CT molecular complexity index is 212. The van der Waals surface area contributed by atoms with E-state index in [0.717, 1.165) is 25.9 Å². The maximum absolute atomic E-state index is 11.1. The van der Waals surface area contributed by atoms with Gasteiger partial charge in [0, 0.05) is 20.0 Å². The topological polar surface area (TPSA) is 20.3 Å². The normalized spacial score (nSPS) is 20.5. The highest BCUT2D eigenvalue weighted by Gasteiger charge is 2.20. The molecular weight excluding hydrogens is 162 g/mol. The summed E-state index contributed by atoms with van der Waals surface area (Å²) in [5.41, 5.74) is 1.48. The molecule has 1 aliphatic rings. The Morgan fingerprint density at radius 3 is 2.23 bits per heavy atom. The standard InChI is InChI=1S/C11H19NO/c1-4-9(2)11-5-7-12(8-6-11)10(3)13/h4,11H,5-8H2,1-3H3. The highest BCUT2D eigenvalue weighted by Crippen LogP contribution is 2.23. The van der Waals surface area contributed by atoms with Crippen LogP contribution in [-0.2, 0) is 4.79 Å². The van der Waals surface area contributed by atoms with Crippen molar-refractivity contribution in [1.29, 1.82) is 0 Å². The predicted octanol–water partition coefficient (Wildman–Crippen LogP) is 2.21. The first kappa shape index (κ1) is 10.3. The summed E-state index contributed by atoms with van der Waals surface area (Å²) in [6.07, 6.45) is 4.46. The zero-order valence-corrected chi connectivity index (χ0v) is 8.84. The minimum absolute atomic E-state index is 0.219. The summed E-state index contributed by atoms with van der Waals surface area (Å²) < 4.78 is 0. The van der Waals surface area contributed by atoms with Crippen LogP contribution in [0.3, 0.4) is 0 Å². The molecule has 0 atom stereocenters. The fraction of sp³-hybridized carbons (Fsp3) is 0.727. The summed E-state index contributed by atoms with van der Waals surface area (Å²) in [7, 11) is 0. The molecule has 0 aromatic carbocycles. The van der Waals surface area contributed by atoms with Gasteiger partial charge < -0.3 is 4.90 Å². The summed E-state index contributed by atoms with van der Waals surface area (Å²) in [6.45, 7) is 7.81. The lowest BCUT2D eigenvalue weighted by Crippen LogP contribution is -2.37. The Labute approximate surface area is 80.6 Å². The van der Waals surface area contributed by atoms with E-state index in [1.54, 1.807) is 6.92 Å². The molecule has 1 saturated heterocycles. The van der Waals surface area contributed by atoms with E-state index in [-0.39, 0.29) is 5.91 Å². The van der Waals surface area contributed by atoms with Gasteiger partial charge in [0.1, 0.15) is 0 Å². The Balaban J connectivity index is 2.43. The fourth-order valence-corrected chi connectivity index (χ4v) is 1.89. The first-order chi connectivity index (χ1) is 6.15. The van der Waals surface area contributed by atoms with Crippen LogP contribution in [0.15, 0.2) is 11.6 Å². The fourth-order valence-electron chi connectivity index (χ4n) is 1.89. The van der Waals surface area contributed by atoms with Crippen molar-refractivity contribution >= 4 is 5.91 Å². The predicted molar refractivity (Wildman–Crippen MR) is 54.4 cm³/mol. The lowest BCUT2D eigenvalue weighted by atomic mass is 9.90. The number of amides is 1. The van der Waals surface area contributed by atoms with Crippen LogP contribution in [0.5, 0.6) is 0 Å². The molecule has 2 heteroatoms. The van der Waals surface area contributed by atoms with Crippen LogP contribution in [0, 0.1) is 5.92 Å². The smallest absolute Gasteiger partial charge is 0.219 e. The average molecular weight is 181 g/mol. The zero-order chi connectivity index (χ0) is 9.84. The van der Waals surface area contributed by atoms with E-state index in [1.165, 1.54) is 5.57 Å². The summed E-state index contributed by atoms with van der Waals surface area (Å²) >= 11 is 0. The zero-order valence-electron chi connectivity index (χ0n) is 8.84. The van der Waals surface area contributed by atoms with Crippen molar-refractivity contribution in [2.24, 2.45) is 5.92 Å². The van der Waals surface area contributed by atoms with Gasteiger partial charge in [0.25, 0.3) is 0 Å². The molecule has 13 heavy (non-hydrogen) atoms. The second kappa shape index (κ2) is 4.45. The van der Waals surface area contributed by atoms with E-state index in [2.05, 4.69) is 19.9 Å². The second-order valence-corrected chi connectivity index (χ2v) is 3.81. The van der Waals surface area contributed by atoms with Crippen LogP contribution < -0.4 is 0 Å². The van der Waals surface area contributed by atoms with Gasteiger partial charge >= 0.3 is 0 Å². The highest BCUT2D eigenvalue weighted by atomic mass is 16.2. The maximum Gasteiger partial charge on any atom is 0.219 e. The van der Waals surface area contributed by atoms with E-state index < -0.39 is 0 Å². The summed E-state index contributed by atoms with van der Waals surface area (Å²) in [6, 6.07) is 0. The van der Waals surface area contributed by atoms with Gasteiger partial charge in [-0.05, 0) is 32.6 Å². The Morgan fingerprint density at radius 2 is 1.85 bits per heavy atom. The van der Waals surface area contributed by atoms with E-state index in [4.69, 9.17) is 0 Å². The summed E-state index contributed by atoms with van der Waals surface area (Å²) in [5.74, 6) is 0.928. The van der Waals surface area contributed by atoms with Crippen LogP contribution in [0.25, 0.3) is 0 Å². The second-order valence-electron chi connectivity index (χ2n) is 3.81. The van der Waals surface area contributed by atoms with E-state index in [1.807, 2.05) is 4.90 Å². The number of hydrogen-bond donors (Lipinski definition) is 0. The molecule has 1 aliphatic heterocycles. The lowest BCUT2D eigenvalue weighted by molar-refractivity contribution is -0.130. The Morgan fingerprint density at radius 1 is 1.31 bits per heavy atom. The number of carbonyl (C=O) groups is 1. The molecule has 1 fully saturated rings. The largest absolute Gasteiger partial charge is 0.343 e. The molecule has 1 rings (SSSR count). The summed E-state index contributed by atoms with van der Waals surface area (Å²) in [4.78, 5) is 13.0. The first-order valence-electron chi connectivity index (χ1n) is 5.03. The molecule has 0 unspecified atom stereocenters. The molecule has 0 N–H and O–H groups in total. The van der Waals surface area contributed by atoms with Gasteiger partial charge in [-0.15, -0.1) is 0 Å². The molecule has 74 valence electrons. The van der Waals surface area contributed by atoms with Gasteiger partial charge in [0.15, 0.2) is 0 Å². The van der Waals surface area contributed by atoms with Gasteiger partial charge in [0.2, 0.25) is 5.91 Å². The van der Waals surface area contributed by atoms with Crippen LogP contribution in [-0.4, -0.2) is 23.9 Å². The highest BCUT2D eigenvalue weighted by molar-refractivity contribution is 5.73. The molecule has 0 saturated carbocycles. The molecule has 0 spiro atoms. The Kier molecular flexibility index (Phi) is 3.52. The van der Waals surface area contributed by atoms with Gasteiger partial charge in [-0.1, -0.05) is 11.6 Å². The molecule has 1 amide bonds. The van der Waals surface area contributed by atoms with Gasteiger partial charge in [-0.2, -0.15) is 0 Å². The third kappa shape index (κ3) is 2.58. The molecule has 0 radical (unpaired) electrons. The lowest BCUT2D eigenvalue weighted by Gasteiger charge is -2.31. The number of allylic oxidation sites excluding steroid dienone is 2. The quantitative estimate of drug-likeness (QED) is 0.568. The first-order valence-corrected chi connectivity index (χ1v) is 5.03. The number of piperidine rings is 1. The van der Waals surface area contributed by atoms with Crippen molar-refractivity contribution in [3.63, 3.8) is 0 Å². The van der Waals surface area contributed by atoms with Crippen molar-refractivity contribution < 1.29 is 4.79 Å². The van der Waals surface area contributed by atoms with Crippen molar-refractivity contribution in [3.05, 3.63) is 11.6 Å². The SMILES string of the molecule is CC=C(C)C1CCN(C(C)=O)CC1. The molecule has 1 heterocycles. The van der Waals surface area contributed by atoms with E-state index >= 15 is 0 Å². The van der Waals surface area contributed by atoms with Crippen LogP contribution >= 0.6 is 0 Å².